The van der Waals surface area contributed by atoms with Gasteiger partial charge >= 0.3 is 0 Å². The Kier molecular flexibility index (Phi) is 2.89. The van der Waals surface area contributed by atoms with Crippen LogP contribution in [0.15, 0.2) is 42.0 Å². The van der Waals surface area contributed by atoms with Crippen LogP contribution in [0.1, 0.15) is 50.7 Å². The maximum atomic E-state index is 2.37. The summed E-state index contributed by atoms with van der Waals surface area (Å²) < 4.78 is 0. The third-order valence-electron chi connectivity index (χ3n) is 4.60. The van der Waals surface area contributed by atoms with E-state index < -0.39 is 0 Å². The molecule has 0 bridgehead atoms. The molecule has 0 aliphatic heterocycles. The van der Waals surface area contributed by atoms with Gasteiger partial charge in [0, 0.05) is 5.92 Å². The second-order valence-corrected chi connectivity index (χ2v) is 5.91. The van der Waals surface area contributed by atoms with E-state index >= 15 is 0 Å². The lowest BCUT2D eigenvalue weighted by molar-refractivity contribution is 0.423. The molecule has 2 aliphatic carbocycles. The molecule has 0 N–H and O–H groups in total. The van der Waals surface area contributed by atoms with Crippen molar-refractivity contribution in [2.24, 2.45) is 11.8 Å². The van der Waals surface area contributed by atoms with Crippen LogP contribution >= 0.6 is 0 Å². The minimum absolute atomic E-state index is 0.661. The summed E-state index contributed by atoms with van der Waals surface area (Å²) in [7, 11) is 0. The molecular formula is C18H22. The molecule has 0 saturated carbocycles. The molecule has 94 valence electrons. The number of fused-ring (bicyclic) bond motifs is 2. The number of rotatable bonds is 2. The smallest absolute Gasteiger partial charge is 0.00639 e. The van der Waals surface area contributed by atoms with E-state index in [-0.39, 0.29) is 0 Å². The molecule has 0 amide bonds. The van der Waals surface area contributed by atoms with Crippen molar-refractivity contribution < 1.29 is 0 Å². The molecule has 0 heteroatoms. The molecule has 18 heavy (non-hydrogen) atoms. The van der Waals surface area contributed by atoms with Crippen LogP contribution in [-0.2, 0) is 0 Å². The van der Waals surface area contributed by atoms with E-state index in [9.17, 15) is 0 Å². The zero-order chi connectivity index (χ0) is 12.7. The van der Waals surface area contributed by atoms with Gasteiger partial charge in [-0.05, 0) is 41.4 Å². The Labute approximate surface area is 110 Å². The van der Waals surface area contributed by atoms with Crippen molar-refractivity contribution >= 4 is 5.57 Å². The summed E-state index contributed by atoms with van der Waals surface area (Å²) in [4.78, 5) is 0. The number of hydrogen-bond donors (Lipinski definition) is 0. The molecule has 0 spiro atoms. The van der Waals surface area contributed by atoms with Crippen LogP contribution in [0.25, 0.3) is 5.57 Å². The molecule has 1 aromatic rings. The van der Waals surface area contributed by atoms with Gasteiger partial charge in [-0.1, -0.05) is 62.8 Å². The van der Waals surface area contributed by atoms with E-state index in [4.69, 9.17) is 0 Å². The van der Waals surface area contributed by atoms with E-state index in [1.165, 1.54) is 24.0 Å². The predicted molar refractivity (Wildman–Crippen MR) is 78.5 cm³/mol. The third kappa shape index (κ3) is 1.59. The Morgan fingerprint density at radius 3 is 2.72 bits per heavy atom. The largest absolute Gasteiger partial charge is 0.0833 e. The molecule has 0 saturated heterocycles. The SMILES string of the molecule is CCC1C2=C(C=CCC2C(C)C)c2ccccc21. The first-order valence-electron chi connectivity index (χ1n) is 7.24. The van der Waals surface area contributed by atoms with Crippen molar-refractivity contribution in [2.45, 2.75) is 39.5 Å². The van der Waals surface area contributed by atoms with Gasteiger partial charge in [-0.3, -0.25) is 0 Å². The lowest BCUT2D eigenvalue weighted by Crippen LogP contribution is -2.16. The van der Waals surface area contributed by atoms with Crippen LogP contribution in [0.5, 0.6) is 0 Å². The molecule has 1 aromatic carbocycles. The summed E-state index contributed by atoms with van der Waals surface area (Å²) in [5.41, 5.74) is 6.29. The Balaban J connectivity index is 2.16. The zero-order valence-electron chi connectivity index (χ0n) is 11.6. The van der Waals surface area contributed by atoms with Crippen LogP contribution < -0.4 is 0 Å². The Hall–Kier alpha value is -1.30. The first-order valence-corrected chi connectivity index (χ1v) is 7.24. The molecule has 0 radical (unpaired) electrons. The molecule has 0 heterocycles. The van der Waals surface area contributed by atoms with Crippen molar-refractivity contribution in [1.82, 2.24) is 0 Å². The maximum absolute atomic E-state index is 2.37. The van der Waals surface area contributed by atoms with E-state index in [1.54, 1.807) is 11.1 Å². The highest BCUT2D eigenvalue weighted by molar-refractivity contribution is 5.85. The third-order valence-corrected chi connectivity index (χ3v) is 4.60. The molecular weight excluding hydrogens is 216 g/mol. The summed E-state index contributed by atoms with van der Waals surface area (Å²) in [5, 5.41) is 0. The second-order valence-electron chi connectivity index (χ2n) is 5.91. The quantitative estimate of drug-likeness (QED) is 0.666. The second kappa shape index (κ2) is 4.42. The van der Waals surface area contributed by atoms with E-state index in [2.05, 4.69) is 57.2 Å². The van der Waals surface area contributed by atoms with Gasteiger partial charge in [0.15, 0.2) is 0 Å². The summed E-state index contributed by atoms with van der Waals surface area (Å²) in [6, 6.07) is 8.99. The molecule has 2 atom stereocenters. The summed E-state index contributed by atoms with van der Waals surface area (Å²) in [5.74, 6) is 2.14. The molecule has 0 aromatic heterocycles. The maximum Gasteiger partial charge on any atom is 0.00639 e. The minimum atomic E-state index is 0.661. The highest BCUT2D eigenvalue weighted by Gasteiger charge is 2.35. The Morgan fingerprint density at radius 1 is 1.22 bits per heavy atom. The van der Waals surface area contributed by atoms with Crippen molar-refractivity contribution in [3.63, 3.8) is 0 Å². The Bertz CT molecular complexity index is 517. The fourth-order valence-electron chi connectivity index (χ4n) is 3.73. The normalized spacial score (nSPS) is 25.6. The average molecular weight is 238 g/mol. The monoisotopic (exact) mass is 238 g/mol. The van der Waals surface area contributed by atoms with Crippen molar-refractivity contribution in [3.8, 4) is 0 Å². The predicted octanol–water partition coefficient (Wildman–Crippen LogP) is 5.18. The van der Waals surface area contributed by atoms with Gasteiger partial charge in [0.05, 0.1) is 0 Å². The van der Waals surface area contributed by atoms with Gasteiger partial charge in [0.1, 0.15) is 0 Å². The molecule has 0 fully saturated rings. The lowest BCUT2D eigenvalue weighted by atomic mass is 9.75. The van der Waals surface area contributed by atoms with Crippen LogP contribution in [0.2, 0.25) is 0 Å². The zero-order valence-corrected chi connectivity index (χ0v) is 11.6. The lowest BCUT2D eigenvalue weighted by Gasteiger charge is -2.29. The van der Waals surface area contributed by atoms with Gasteiger partial charge in [-0.15, -0.1) is 0 Å². The minimum Gasteiger partial charge on any atom is -0.0833 e. The van der Waals surface area contributed by atoms with Crippen LogP contribution in [-0.4, -0.2) is 0 Å². The molecule has 2 aliphatic rings. The first-order chi connectivity index (χ1) is 8.74. The van der Waals surface area contributed by atoms with Gasteiger partial charge in [-0.2, -0.15) is 0 Å². The molecule has 3 rings (SSSR count). The molecule has 2 unspecified atom stereocenters. The topological polar surface area (TPSA) is 0 Å². The van der Waals surface area contributed by atoms with Crippen molar-refractivity contribution in [1.29, 1.82) is 0 Å². The van der Waals surface area contributed by atoms with Crippen molar-refractivity contribution in [2.75, 3.05) is 0 Å². The van der Waals surface area contributed by atoms with Crippen LogP contribution in [0.4, 0.5) is 0 Å². The number of allylic oxidation sites excluding steroid dienone is 4. The highest BCUT2D eigenvalue weighted by Crippen LogP contribution is 2.51. The van der Waals surface area contributed by atoms with Crippen LogP contribution in [0.3, 0.4) is 0 Å². The summed E-state index contributed by atoms with van der Waals surface area (Å²) >= 11 is 0. The fraction of sp³-hybridized carbons (Fsp3) is 0.444. The fourth-order valence-corrected chi connectivity index (χ4v) is 3.73. The standard InChI is InChI=1S/C18H22/c1-4-13-15-8-5-6-9-16(15)17-11-7-10-14(12(2)3)18(13)17/h5-9,11-14H,4,10H2,1-3H3. The van der Waals surface area contributed by atoms with Gasteiger partial charge in [0.2, 0.25) is 0 Å². The van der Waals surface area contributed by atoms with Gasteiger partial charge < -0.3 is 0 Å². The van der Waals surface area contributed by atoms with Gasteiger partial charge in [0.25, 0.3) is 0 Å². The van der Waals surface area contributed by atoms with Gasteiger partial charge in [-0.25, -0.2) is 0 Å². The van der Waals surface area contributed by atoms with E-state index in [1.807, 2.05) is 0 Å². The molecule has 0 nitrogen and oxygen atoms in total. The first kappa shape index (κ1) is 11.8. The van der Waals surface area contributed by atoms with Crippen molar-refractivity contribution in [3.05, 3.63) is 53.1 Å². The highest BCUT2D eigenvalue weighted by atomic mass is 14.4. The average Bonchev–Trinajstić information content (AvgIpc) is 2.72. The van der Waals surface area contributed by atoms with E-state index in [0.717, 1.165) is 11.8 Å². The number of benzene rings is 1. The number of hydrogen-bond acceptors (Lipinski definition) is 0. The summed E-state index contributed by atoms with van der Waals surface area (Å²) in [6.45, 7) is 7.06. The van der Waals surface area contributed by atoms with Crippen LogP contribution in [0, 0.1) is 11.8 Å². The Morgan fingerprint density at radius 2 is 2.00 bits per heavy atom. The summed E-state index contributed by atoms with van der Waals surface area (Å²) in [6.07, 6.45) is 7.19. The van der Waals surface area contributed by atoms with E-state index in [0.29, 0.717) is 5.92 Å².